The van der Waals surface area contributed by atoms with Crippen molar-refractivity contribution in [3.05, 3.63) is 48.1 Å². The lowest BCUT2D eigenvalue weighted by molar-refractivity contribution is 0.132. The zero-order chi connectivity index (χ0) is 26.8. The fourth-order valence-electron chi connectivity index (χ4n) is 5.05. The van der Waals surface area contributed by atoms with Crippen LogP contribution in [0.5, 0.6) is 5.75 Å². The Bertz CT molecular complexity index is 1410. The molecule has 0 amide bonds. The third kappa shape index (κ3) is 5.16. The zero-order valence-corrected chi connectivity index (χ0v) is 22.6. The number of anilines is 2. The first-order valence-electron chi connectivity index (χ1n) is 13.0. The number of ether oxygens (including phenoxy) is 1. The largest absolute Gasteiger partial charge is 0.491 e. The van der Waals surface area contributed by atoms with Crippen LogP contribution in [0.15, 0.2) is 30.9 Å². The summed E-state index contributed by atoms with van der Waals surface area (Å²) < 4.78 is 22.8. The minimum atomic E-state index is -0.412. The highest BCUT2D eigenvalue weighted by molar-refractivity contribution is 5.85. The van der Waals surface area contributed by atoms with Crippen molar-refractivity contribution in [1.82, 2.24) is 39.3 Å². The van der Waals surface area contributed by atoms with Gasteiger partial charge >= 0.3 is 0 Å². The molecule has 4 heterocycles. The van der Waals surface area contributed by atoms with Crippen LogP contribution in [0.1, 0.15) is 38.2 Å². The van der Waals surface area contributed by atoms with Gasteiger partial charge in [0.2, 0.25) is 5.95 Å². The molecule has 0 spiro atoms. The summed E-state index contributed by atoms with van der Waals surface area (Å²) in [6.45, 7) is 14.3. The van der Waals surface area contributed by atoms with Crippen molar-refractivity contribution in [2.45, 2.75) is 40.3 Å². The quantitative estimate of drug-likeness (QED) is 0.367. The Kier molecular flexibility index (Phi) is 7.48. The summed E-state index contributed by atoms with van der Waals surface area (Å²) in [5.74, 6) is 1.51. The summed E-state index contributed by atoms with van der Waals surface area (Å²) in [4.78, 5) is 27.0. The highest BCUT2D eigenvalue weighted by atomic mass is 19.1. The van der Waals surface area contributed by atoms with E-state index in [4.69, 9.17) is 4.74 Å². The Hall–Kier alpha value is -3.70. The molecule has 1 N–H and O–H groups in total. The number of imidazole rings is 1. The number of methoxy groups -OCH3 is 1. The van der Waals surface area contributed by atoms with Gasteiger partial charge in [0.15, 0.2) is 17.4 Å². The van der Waals surface area contributed by atoms with Crippen LogP contribution in [-0.4, -0.2) is 79.1 Å². The fraction of sp³-hybridized carbons (Fsp3) is 0.444. The molecule has 0 saturated carbocycles. The maximum Gasteiger partial charge on any atom is 0.228 e. The molecule has 5 rings (SSSR count). The van der Waals surface area contributed by atoms with Gasteiger partial charge in [0.1, 0.15) is 23.4 Å². The summed E-state index contributed by atoms with van der Waals surface area (Å²) in [7, 11) is 1.53. The smallest absolute Gasteiger partial charge is 0.228 e. The van der Waals surface area contributed by atoms with Crippen molar-refractivity contribution in [2.75, 3.05) is 45.2 Å². The molecular weight excluding hydrogens is 485 g/mol. The van der Waals surface area contributed by atoms with E-state index in [2.05, 4.69) is 47.0 Å². The monoisotopic (exact) mass is 519 g/mol. The number of nitrogens with zero attached hydrogens (tertiary/aromatic N) is 8. The molecule has 4 aromatic rings. The number of hydrogen-bond donors (Lipinski definition) is 1. The first-order valence-corrected chi connectivity index (χ1v) is 13.0. The SMILES string of the molecule is CCN1CCN(Cc2cnc(Nc3ncnc(-c4cc(F)c5nc(C)n(C(C)C)c5c4)c3OC)nc2)CC1. The number of rotatable bonds is 8. The molecular formula is C27H34FN9O. The van der Waals surface area contributed by atoms with Gasteiger partial charge in [-0.05, 0) is 39.4 Å². The second kappa shape index (κ2) is 11.0. The number of aromatic nitrogens is 6. The Labute approximate surface area is 221 Å². The van der Waals surface area contributed by atoms with E-state index in [0.29, 0.717) is 39.8 Å². The predicted octanol–water partition coefficient (Wildman–Crippen LogP) is 4.20. The van der Waals surface area contributed by atoms with Crippen molar-refractivity contribution < 1.29 is 9.13 Å². The number of fused-ring (bicyclic) bond motifs is 1. The van der Waals surface area contributed by atoms with Crippen LogP contribution in [0.4, 0.5) is 16.2 Å². The van der Waals surface area contributed by atoms with Gasteiger partial charge in [0.25, 0.3) is 0 Å². The van der Waals surface area contributed by atoms with Gasteiger partial charge in [-0.15, -0.1) is 0 Å². The third-order valence-corrected chi connectivity index (χ3v) is 6.98. The number of halogens is 1. The molecule has 11 heteroatoms. The topological polar surface area (TPSA) is 97.1 Å². The van der Waals surface area contributed by atoms with Crippen molar-refractivity contribution in [1.29, 1.82) is 0 Å². The average Bonchev–Trinajstić information content (AvgIpc) is 3.26. The number of piperazine rings is 1. The lowest BCUT2D eigenvalue weighted by Crippen LogP contribution is -2.45. The molecule has 0 radical (unpaired) electrons. The van der Waals surface area contributed by atoms with Crippen LogP contribution in [0, 0.1) is 12.7 Å². The number of nitrogens with one attached hydrogen (secondary N) is 1. The van der Waals surface area contributed by atoms with Gasteiger partial charge < -0.3 is 19.5 Å². The summed E-state index contributed by atoms with van der Waals surface area (Å²) in [5, 5.41) is 3.13. The second-order valence-electron chi connectivity index (χ2n) is 9.80. The molecule has 1 aromatic carbocycles. The number of hydrogen-bond acceptors (Lipinski definition) is 9. The zero-order valence-electron chi connectivity index (χ0n) is 22.6. The standard InChI is InChI=1S/C27H34FN9O/c1-6-35-7-9-36(10-8-35)15-19-13-29-27(30-14-19)34-26-25(38-5)23(31-16-32-26)20-11-21(28)24-22(12-20)37(17(2)3)18(4)33-24/h11-14,16-17H,6-10,15H2,1-5H3,(H,29,30,31,32,34). The molecule has 0 bridgehead atoms. The van der Waals surface area contributed by atoms with Crippen molar-refractivity contribution >= 4 is 22.8 Å². The van der Waals surface area contributed by atoms with Crippen LogP contribution < -0.4 is 10.1 Å². The molecule has 0 atom stereocenters. The molecule has 38 heavy (non-hydrogen) atoms. The van der Waals surface area contributed by atoms with E-state index in [9.17, 15) is 0 Å². The predicted molar refractivity (Wildman–Crippen MR) is 145 cm³/mol. The molecule has 3 aromatic heterocycles. The lowest BCUT2D eigenvalue weighted by Gasteiger charge is -2.33. The van der Waals surface area contributed by atoms with Gasteiger partial charge in [-0.2, -0.15) is 0 Å². The van der Waals surface area contributed by atoms with Crippen LogP contribution in [0.2, 0.25) is 0 Å². The molecule has 0 aliphatic carbocycles. The van der Waals surface area contributed by atoms with Crippen LogP contribution in [0.25, 0.3) is 22.3 Å². The van der Waals surface area contributed by atoms with Crippen molar-refractivity contribution in [3.8, 4) is 17.0 Å². The van der Waals surface area contributed by atoms with E-state index in [1.807, 2.05) is 43.8 Å². The Morgan fingerprint density at radius 2 is 1.74 bits per heavy atom. The minimum absolute atomic E-state index is 0.125. The highest BCUT2D eigenvalue weighted by Crippen LogP contribution is 2.36. The fourth-order valence-corrected chi connectivity index (χ4v) is 5.05. The third-order valence-electron chi connectivity index (χ3n) is 6.98. The second-order valence-corrected chi connectivity index (χ2v) is 9.80. The normalized spacial score (nSPS) is 14.9. The number of benzene rings is 1. The van der Waals surface area contributed by atoms with Crippen molar-refractivity contribution in [3.63, 3.8) is 0 Å². The van der Waals surface area contributed by atoms with Crippen molar-refractivity contribution in [2.24, 2.45) is 0 Å². The molecule has 200 valence electrons. The number of likely N-dealkylation sites (N-methyl/N-ethyl adjacent to an activating group) is 1. The van der Waals surface area contributed by atoms with E-state index in [-0.39, 0.29) is 6.04 Å². The van der Waals surface area contributed by atoms with Gasteiger partial charge in [-0.3, -0.25) is 4.90 Å². The Balaban J connectivity index is 1.39. The van der Waals surface area contributed by atoms with Crippen LogP contribution >= 0.6 is 0 Å². The Morgan fingerprint density at radius 1 is 1.03 bits per heavy atom. The Morgan fingerprint density at radius 3 is 2.39 bits per heavy atom. The van der Waals surface area contributed by atoms with E-state index in [1.165, 1.54) is 19.5 Å². The van der Waals surface area contributed by atoms with Gasteiger partial charge in [0, 0.05) is 62.3 Å². The van der Waals surface area contributed by atoms with Gasteiger partial charge in [-0.25, -0.2) is 29.3 Å². The molecule has 1 aliphatic rings. The minimum Gasteiger partial charge on any atom is -0.491 e. The summed E-state index contributed by atoms with van der Waals surface area (Å²) in [6.07, 6.45) is 5.07. The molecule has 1 aliphatic heterocycles. The molecule has 0 unspecified atom stereocenters. The molecule has 1 fully saturated rings. The van der Waals surface area contributed by atoms with Crippen LogP contribution in [-0.2, 0) is 6.54 Å². The summed E-state index contributed by atoms with van der Waals surface area (Å²) in [6, 6.07) is 3.44. The first kappa shape index (κ1) is 25.9. The maximum atomic E-state index is 15.1. The molecule has 1 saturated heterocycles. The van der Waals surface area contributed by atoms with Crippen LogP contribution in [0.3, 0.4) is 0 Å². The lowest BCUT2D eigenvalue weighted by atomic mass is 10.1. The van der Waals surface area contributed by atoms with Gasteiger partial charge in [0.05, 0.1) is 12.6 Å². The number of aryl methyl sites for hydroxylation is 1. The van der Waals surface area contributed by atoms with Gasteiger partial charge in [-0.1, -0.05) is 6.92 Å². The van der Waals surface area contributed by atoms with E-state index >= 15 is 4.39 Å². The van der Waals surface area contributed by atoms with E-state index in [0.717, 1.165) is 50.7 Å². The first-order chi connectivity index (χ1) is 18.4. The summed E-state index contributed by atoms with van der Waals surface area (Å²) >= 11 is 0. The maximum absolute atomic E-state index is 15.1. The summed E-state index contributed by atoms with van der Waals surface area (Å²) in [5.41, 5.74) is 3.13. The highest BCUT2D eigenvalue weighted by Gasteiger charge is 2.21. The van der Waals surface area contributed by atoms with E-state index < -0.39 is 5.82 Å². The average molecular weight is 520 g/mol. The van der Waals surface area contributed by atoms with E-state index in [1.54, 1.807) is 0 Å². The molecule has 10 nitrogen and oxygen atoms in total.